The molecule has 0 heterocycles. The van der Waals surface area contributed by atoms with Crippen molar-refractivity contribution in [3.8, 4) is 0 Å². The molecule has 6 N–H and O–H groups in total. The van der Waals surface area contributed by atoms with E-state index in [0.29, 0.717) is 59.9 Å². The Hall–Kier alpha value is -7.90. The molecule has 0 radical (unpaired) electrons. The van der Waals surface area contributed by atoms with Crippen molar-refractivity contribution in [2.75, 3.05) is 37.5 Å². The second-order valence-electron chi connectivity index (χ2n) is 14.7. The van der Waals surface area contributed by atoms with Gasteiger partial charge in [-0.2, -0.15) is 0 Å². The fourth-order valence-corrected chi connectivity index (χ4v) is 4.67. The van der Waals surface area contributed by atoms with E-state index in [1.807, 2.05) is 68.4 Å². The van der Waals surface area contributed by atoms with Crippen molar-refractivity contribution in [3.05, 3.63) is 121 Å². The van der Waals surface area contributed by atoms with Crippen molar-refractivity contribution in [2.24, 2.45) is 20.9 Å². The van der Waals surface area contributed by atoms with E-state index >= 15 is 0 Å². The first-order chi connectivity index (χ1) is 35.3. The largest absolute Gasteiger partial charge is 0.479 e. The summed E-state index contributed by atoms with van der Waals surface area (Å²) in [6.07, 6.45) is 10.4. The number of allylic oxidation sites excluding steroid dienone is 8. The Bertz CT molecular complexity index is 2120. The fraction of sp³-hybridized carbons (Fsp3) is 0.444. The minimum absolute atomic E-state index is 0.0859. The molecule has 0 aliphatic carbocycles. The van der Waals surface area contributed by atoms with Crippen LogP contribution in [0.5, 0.6) is 0 Å². The summed E-state index contributed by atoms with van der Waals surface area (Å²) in [5.41, 5.74) is 4.71. The van der Waals surface area contributed by atoms with Gasteiger partial charge in [0.1, 0.15) is 19.8 Å². The maximum Gasteiger partial charge on any atom is 0.437 e. The molecule has 0 spiro atoms. The number of anilines is 2. The second-order valence-corrected chi connectivity index (χ2v) is 14.7. The summed E-state index contributed by atoms with van der Waals surface area (Å²) in [7, 11) is 1.77. The standard InChI is InChI=1S/C43H62N8O9.C5H9NO2.2C2H6.C2H4/c1-13-19-35(23-32(10)45-41(54)59-50-30(8)15-3)46-33(11)56-26-43(18-6,28-58-40(53)49-38-22-29(7)21-37(25-38)44-12)27-57-39(52)48-36(20-14-2)24-34(17-5)47-42(55)60-51-31(9)16-4;1-3-5(2)6-8-4-7;3*1-2/h13-14,17,19-25,44,46H,1,11,15-16,18,26-28H2,2-10,12H3,(H,45,54)(H,47,55)(H,48,52)(H,49,53);4H,3H2,1-2H3;2*1-2H3;1-2H2/b20-14-,32-23+,34-17+,35-19+,36-24+,50-30-,51-31-;6-5-;;;. The quantitative estimate of drug-likeness (QED) is 0.00962. The minimum atomic E-state index is -1.08. The number of benzene rings is 1. The topological polar surface area (TPSA) is 250 Å². The SMILES string of the molecule is C=C.C=C/C=C(\C=C(/C)NC(=O)O/N=C(/C)CC)NC(=C)OCC(CC)(COC(=O)NC(/C=C\C)=C/C(=C\C)NC(=O)O/N=C(/C)CC)COC(=O)Nc1cc(C)cc(NC)c1.CC.CC.CC/C(C)=N\OC=O. The van der Waals surface area contributed by atoms with Crippen LogP contribution in [0.2, 0.25) is 0 Å². The number of ether oxygens (including phenoxy) is 3. The molecule has 0 aliphatic rings. The van der Waals surface area contributed by atoms with E-state index in [0.717, 1.165) is 23.4 Å². The number of carbonyl (C=O) groups is 5. The molecular formula is C54H87N9O11. The van der Waals surface area contributed by atoms with Gasteiger partial charge >= 0.3 is 30.8 Å². The van der Waals surface area contributed by atoms with Gasteiger partial charge in [0.15, 0.2) is 5.88 Å². The molecule has 0 saturated heterocycles. The third-order valence-corrected chi connectivity index (χ3v) is 9.00. The monoisotopic (exact) mass is 1040 g/mol. The van der Waals surface area contributed by atoms with Crippen LogP contribution in [0.1, 0.15) is 128 Å². The molecule has 0 aliphatic heterocycles. The Kier molecular flexibility index (Phi) is 45.3. The number of carbonyl (C=O) groups excluding carboxylic acids is 5. The highest BCUT2D eigenvalue weighted by Gasteiger charge is 2.34. The van der Waals surface area contributed by atoms with Crippen LogP contribution in [0.25, 0.3) is 0 Å². The molecule has 0 aromatic heterocycles. The Balaban J connectivity index is -0.00000155. The molecule has 1 rings (SSSR count). The molecular weight excluding hydrogens is 951 g/mol. The van der Waals surface area contributed by atoms with Crippen LogP contribution in [-0.2, 0) is 33.5 Å². The summed E-state index contributed by atoms with van der Waals surface area (Å²) in [6, 6.07) is 5.47. The zero-order valence-electron chi connectivity index (χ0n) is 47.0. The number of hydrogen-bond donors (Lipinski definition) is 6. The number of rotatable bonds is 26. The van der Waals surface area contributed by atoms with Crippen LogP contribution < -0.4 is 31.9 Å². The number of alkyl carbamates (subject to hydrolysis) is 1. The van der Waals surface area contributed by atoms with Crippen LogP contribution >= 0.6 is 0 Å². The zero-order valence-corrected chi connectivity index (χ0v) is 47.0. The molecule has 0 bridgehead atoms. The van der Waals surface area contributed by atoms with Crippen molar-refractivity contribution in [1.82, 2.24) is 21.3 Å². The van der Waals surface area contributed by atoms with Crippen LogP contribution in [0.3, 0.4) is 0 Å². The minimum Gasteiger partial charge on any atom is -0.479 e. The van der Waals surface area contributed by atoms with Gasteiger partial charge in [-0.3, -0.25) is 35.7 Å². The van der Waals surface area contributed by atoms with E-state index in [-0.39, 0.29) is 31.4 Å². The van der Waals surface area contributed by atoms with Gasteiger partial charge < -0.3 is 29.7 Å². The molecule has 20 heteroatoms. The lowest BCUT2D eigenvalue weighted by Gasteiger charge is -2.32. The molecule has 4 amide bonds. The molecule has 414 valence electrons. The predicted octanol–water partition coefficient (Wildman–Crippen LogP) is 12.9. The van der Waals surface area contributed by atoms with Crippen molar-refractivity contribution in [1.29, 1.82) is 0 Å². The van der Waals surface area contributed by atoms with Crippen LogP contribution in [-0.4, -0.2) is 74.8 Å². The third-order valence-electron chi connectivity index (χ3n) is 9.00. The summed E-state index contributed by atoms with van der Waals surface area (Å²) in [5, 5.41) is 27.5. The number of oxime groups is 3. The smallest absolute Gasteiger partial charge is 0.437 e. The molecule has 20 nitrogen and oxygen atoms in total. The van der Waals surface area contributed by atoms with Crippen LogP contribution in [0.4, 0.5) is 30.6 Å². The summed E-state index contributed by atoms with van der Waals surface area (Å²) >= 11 is 0. The van der Waals surface area contributed by atoms with Crippen molar-refractivity contribution in [2.45, 2.75) is 130 Å². The Labute approximate surface area is 441 Å². The normalized spacial score (nSPS) is 12.5. The Morgan fingerprint density at radius 2 is 1.16 bits per heavy atom. The first-order valence-corrected chi connectivity index (χ1v) is 24.3. The molecule has 1 atom stereocenters. The molecule has 74 heavy (non-hydrogen) atoms. The maximum atomic E-state index is 13.3. The number of aryl methyl sites for hydroxylation is 1. The molecule has 0 saturated carbocycles. The Morgan fingerprint density at radius 1 is 0.662 bits per heavy atom. The third kappa shape index (κ3) is 37.0. The number of hydrogen-bond acceptors (Lipinski definition) is 16. The first-order valence-electron chi connectivity index (χ1n) is 24.3. The van der Waals surface area contributed by atoms with E-state index in [1.165, 1.54) is 12.2 Å². The first kappa shape index (κ1) is 72.6. The van der Waals surface area contributed by atoms with E-state index < -0.39 is 29.8 Å². The van der Waals surface area contributed by atoms with Gasteiger partial charge in [0.2, 0.25) is 0 Å². The highest BCUT2D eigenvalue weighted by atomic mass is 16.7. The average Bonchev–Trinajstić information content (AvgIpc) is 3.40. The highest BCUT2D eigenvalue weighted by molar-refractivity contribution is 5.86. The second kappa shape index (κ2) is 46.2. The van der Waals surface area contributed by atoms with Crippen molar-refractivity contribution >= 4 is 59.4 Å². The molecule has 1 aromatic rings. The van der Waals surface area contributed by atoms with Crippen molar-refractivity contribution in [3.63, 3.8) is 0 Å². The molecule has 1 unspecified atom stereocenters. The highest BCUT2D eigenvalue weighted by Crippen LogP contribution is 2.26. The van der Waals surface area contributed by atoms with E-state index in [1.54, 1.807) is 91.1 Å². The maximum absolute atomic E-state index is 13.3. The van der Waals surface area contributed by atoms with Gasteiger partial charge in [0.25, 0.3) is 0 Å². The van der Waals surface area contributed by atoms with E-state index in [9.17, 15) is 24.0 Å². The summed E-state index contributed by atoms with van der Waals surface area (Å²) in [6.45, 7) is 41.2. The van der Waals surface area contributed by atoms with Gasteiger partial charge in [-0.15, -0.1) is 13.2 Å². The van der Waals surface area contributed by atoms with E-state index in [4.69, 9.17) is 23.9 Å². The summed E-state index contributed by atoms with van der Waals surface area (Å²) in [5.74, 6) is 0.0859. The van der Waals surface area contributed by atoms with Gasteiger partial charge in [-0.05, 0) is 129 Å². The van der Waals surface area contributed by atoms with Crippen LogP contribution in [0.15, 0.2) is 131 Å². The van der Waals surface area contributed by atoms with Gasteiger partial charge in [-0.25, -0.2) is 19.2 Å². The number of amides is 4. The van der Waals surface area contributed by atoms with Gasteiger partial charge in [0, 0.05) is 41.2 Å². The lowest BCUT2D eigenvalue weighted by Crippen LogP contribution is -2.40. The van der Waals surface area contributed by atoms with Gasteiger partial charge in [0.05, 0.1) is 22.6 Å². The molecule has 0 fully saturated rings. The van der Waals surface area contributed by atoms with Crippen molar-refractivity contribution < 1.29 is 52.7 Å². The van der Waals surface area contributed by atoms with E-state index in [2.05, 4.69) is 78.5 Å². The van der Waals surface area contributed by atoms with Crippen LogP contribution in [0, 0.1) is 12.3 Å². The lowest BCUT2D eigenvalue weighted by molar-refractivity contribution is -0.128. The summed E-state index contributed by atoms with van der Waals surface area (Å²) in [4.78, 5) is 74.2. The predicted molar refractivity (Wildman–Crippen MR) is 300 cm³/mol. The molecule has 1 aromatic carbocycles. The summed E-state index contributed by atoms with van der Waals surface area (Å²) < 4.78 is 17.5. The van der Waals surface area contributed by atoms with Gasteiger partial charge in [-0.1, -0.05) is 95.7 Å². The number of nitrogens with zero attached hydrogens (tertiary/aromatic N) is 3. The fourth-order valence-electron chi connectivity index (χ4n) is 4.67. The number of nitrogens with one attached hydrogen (secondary N) is 6. The Morgan fingerprint density at radius 3 is 1.65 bits per heavy atom. The lowest BCUT2D eigenvalue weighted by atomic mass is 9.88. The average molecular weight is 1040 g/mol. The zero-order chi connectivity index (χ0) is 57.5.